The van der Waals surface area contributed by atoms with E-state index in [9.17, 15) is 9.90 Å². The van der Waals surface area contributed by atoms with Crippen molar-refractivity contribution in [2.75, 3.05) is 6.61 Å². The molecule has 30 heavy (non-hydrogen) atoms. The van der Waals surface area contributed by atoms with Crippen molar-refractivity contribution in [3.05, 3.63) is 92.2 Å². The van der Waals surface area contributed by atoms with E-state index < -0.39 is 0 Å². The number of fused-ring (bicyclic) bond motifs is 2. The maximum Gasteiger partial charge on any atom is 0.310 e. The number of hydrogen-bond donors (Lipinski definition) is 1. The molecule has 1 N–H and O–H groups in total. The third-order valence-electron chi connectivity index (χ3n) is 5.26. The molecule has 0 aliphatic heterocycles. The third-order valence-corrected chi connectivity index (χ3v) is 7.00. The second-order valence-corrected chi connectivity index (χ2v) is 8.81. The predicted molar refractivity (Wildman–Crippen MR) is 124 cm³/mol. The van der Waals surface area contributed by atoms with Gasteiger partial charge in [-0.15, -0.1) is 11.3 Å². The van der Waals surface area contributed by atoms with Gasteiger partial charge < -0.3 is 9.84 Å². The van der Waals surface area contributed by atoms with Gasteiger partial charge in [-0.3, -0.25) is 9.36 Å². The summed E-state index contributed by atoms with van der Waals surface area (Å²) in [7, 11) is 0. The fraction of sp³-hybridized carbons (Fsp3) is 0.125. The molecule has 0 amide bonds. The minimum absolute atomic E-state index is 0.00474. The molecule has 2 heterocycles. The Kier molecular flexibility index (Phi) is 5.02. The number of rotatable bonds is 6. The fourth-order valence-corrected chi connectivity index (χ4v) is 5.30. The molecule has 0 unspecified atom stereocenters. The normalized spacial score (nSPS) is 11.3. The summed E-state index contributed by atoms with van der Waals surface area (Å²) in [5, 5.41) is 17.0. The van der Waals surface area contributed by atoms with Gasteiger partial charge in [-0.25, -0.2) is 0 Å². The van der Waals surface area contributed by atoms with E-state index in [-0.39, 0.29) is 10.8 Å². The van der Waals surface area contributed by atoms with Gasteiger partial charge in [0, 0.05) is 16.5 Å². The first kappa shape index (κ1) is 18.9. The average Bonchev–Trinajstić information content (AvgIpc) is 3.38. The molecule has 3 aromatic carbocycles. The van der Waals surface area contributed by atoms with Crippen LogP contribution in [0.5, 0.6) is 11.6 Å². The summed E-state index contributed by atoms with van der Waals surface area (Å²) in [6.45, 7) is 0.935. The maximum atomic E-state index is 12.0. The zero-order valence-electron chi connectivity index (χ0n) is 16.1. The number of ether oxygens (including phenoxy) is 1. The molecule has 4 nitrogen and oxygen atoms in total. The van der Waals surface area contributed by atoms with E-state index in [1.807, 2.05) is 23.6 Å². The molecule has 0 bridgehead atoms. The molecule has 5 rings (SSSR count). The van der Waals surface area contributed by atoms with E-state index >= 15 is 0 Å². The van der Waals surface area contributed by atoms with Gasteiger partial charge in [0.15, 0.2) is 0 Å². The Hall–Kier alpha value is -3.09. The highest BCUT2D eigenvalue weighted by Crippen LogP contribution is 2.34. The molecular weight excluding hydrogens is 414 g/mol. The van der Waals surface area contributed by atoms with Gasteiger partial charge in [0.1, 0.15) is 5.75 Å². The van der Waals surface area contributed by atoms with Crippen molar-refractivity contribution in [3.8, 4) is 11.6 Å². The predicted octanol–water partition coefficient (Wildman–Crippen LogP) is 5.65. The Bertz CT molecular complexity index is 1390. The molecule has 0 saturated heterocycles. The molecule has 0 saturated carbocycles. The number of thiophene rings is 1. The van der Waals surface area contributed by atoms with Crippen molar-refractivity contribution in [1.29, 1.82) is 0 Å². The van der Waals surface area contributed by atoms with Crippen LogP contribution in [0.3, 0.4) is 0 Å². The smallest absolute Gasteiger partial charge is 0.310 e. The van der Waals surface area contributed by atoms with E-state index in [0.717, 1.165) is 39.2 Å². The first-order chi connectivity index (χ1) is 14.7. The number of hydrogen-bond acceptors (Lipinski definition) is 5. The lowest BCUT2D eigenvalue weighted by Crippen LogP contribution is -2.13. The lowest BCUT2D eigenvalue weighted by molar-refractivity contribution is 0.326. The Morgan fingerprint density at radius 1 is 0.900 bits per heavy atom. The van der Waals surface area contributed by atoms with Gasteiger partial charge in [0.2, 0.25) is 5.88 Å². The zero-order chi connectivity index (χ0) is 20.5. The van der Waals surface area contributed by atoms with Crippen LogP contribution in [0.15, 0.2) is 76.2 Å². The molecular formula is C24H19NO3S2. The molecule has 2 aromatic heterocycles. The Balaban J connectivity index is 1.37. The first-order valence-electron chi connectivity index (χ1n) is 9.66. The van der Waals surface area contributed by atoms with Crippen LogP contribution in [0.4, 0.5) is 0 Å². The summed E-state index contributed by atoms with van der Waals surface area (Å²) in [4.78, 5) is 11.8. The first-order valence-corrected chi connectivity index (χ1v) is 11.4. The molecule has 6 heteroatoms. The Labute approximate surface area is 181 Å². The van der Waals surface area contributed by atoms with Crippen LogP contribution in [-0.4, -0.2) is 16.3 Å². The molecule has 0 spiro atoms. The van der Waals surface area contributed by atoms with Crippen molar-refractivity contribution in [2.24, 2.45) is 0 Å². The van der Waals surface area contributed by atoms with Gasteiger partial charge in [-0.1, -0.05) is 59.9 Å². The van der Waals surface area contributed by atoms with Crippen LogP contribution < -0.4 is 9.61 Å². The molecule has 0 radical (unpaired) electrons. The fourth-order valence-electron chi connectivity index (χ4n) is 3.77. The molecule has 0 aliphatic rings. The summed E-state index contributed by atoms with van der Waals surface area (Å²) in [6, 6.07) is 20.8. The molecule has 5 aromatic rings. The standard InChI is InChI=1S/C24H19NO3S2/c26-22-15-30-24(27)25(22)14-18-8-9-21(20-11-13-29-23(18)20)28-12-10-17-6-3-5-16-4-1-2-7-19(16)17/h1-9,11,13,15,26H,10,12,14H2. The largest absolute Gasteiger partial charge is 0.494 e. The van der Waals surface area contributed by atoms with E-state index in [0.29, 0.717) is 13.2 Å². The van der Waals surface area contributed by atoms with Crippen molar-refractivity contribution >= 4 is 43.5 Å². The van der Waals surface area contributed by atoms with Crippen molar-refractivity contribution in [2.45, 2.75) is 13.0 Å². The minimum atomic E-state index is -0.160. The number of aromatic nitrogens is 1. The highest BCUT2D eigenvalue weighted by molar-refractivity contribution is 7.17. The summed E-state index contributed by atoms with van der Waals surface area (Å²) in [5.41, 5.74) is 2.27. The van der Waals surface area contributed by atoms with Crippen molar-refractivity contribution < 1.29 is 9.84 Å². The van der Waals surface area contributed by atoms with Gasteiger partial charge in [0.25, 0.3) is 0 Å². The van der Waals surface area contributed by atoms with Crippen molar-refractivity contribution in [1.82, 2.24) is 4.57 Å². The monoisotopic (exact) mass is 433 g/mol. The van der Waals surface area contributed by atoms with Gasteiger partial charge in [-0.05, 0) is 39.4 Å². The highest BCUT2D eigenvalue weighted by Gasteiger charge is 2.12. The zero-order valence-corrected chi connectivity index (χ0v) is 17.7. The van der Waals surface area contributed by atoms with E-state index in [2.05, 4.69) is 42.5 Å². The van der Waals surface area contributed by atoms with E-state index in [1.54, 1.807) is 11.3 Å². The number of nitrogens with zero attached hydrogens (tertiary/aromatic N) is 1. The Morgan fingerprint density at radius 2 is 1.77 bits per heavy atom. The second-order valence-electron chi connectivity index (χ2n) is 7.07. The number of aromatic hydroxyl groups is 1. The SMILES string of the molecule is O=c1scc(O)n1Cc1ccc(OCCc2cccc3ccccc23)c2ccsc12. The van der Waals surface area contributed by atoms with Crippen LogP contribution in [0.2, 0.25) is 0 Å². The second kappa shape index (κ2) is 7.97. The maximum absolute atomic E-state index is 12.0. The quantitative estimate of drug-likeness (QED) is 0.376. The van der Waals surface area contributed by atoms with Gasteiger partial charge >= 0.3 is 4.87 Å². The van der Waals surface area contributed by atoms with Crippen LogP contribution in [0, 0.1) is 0 Å². The van der Waals surface area contributed by atoms with Crippen molar-refractivity contribution in [3.63, 3.8) is 0 Å². The average molecular weight is 434 g/mol. The summed E-state index contributed by atoms with van der Waals surface area (Å²) >= 11 is 2.63. The number of benzene rings is 3. The van der Waals surface area contributed by atoms with Crippen LogP contribution in [-0.2, 0) is 13.0 Å². The molecule has 0 aliphatic carbocycles. The molecule has 150 valence electrons. The number of thiazole rings is 1. The van der Waals surface area contributed by atoms with Crippen LogP contribution in [0.1, 0.15) is 11.1 Å². The summed E-state index contributed by atoms with van der Waals surface area (Å²) < 4.78 is 8.63. The Morgan fingerprint density at radius 3 is 2.63 bits per heavy atom. The lowest BCUT2D eigenvalue weighted by Gasteiger charge is -2.12. The minimum Gasteiger partial charge on any atom is -0.494 e. The summed E-state index contributed by atoms with van der Waals surface area (Å²) in [5.74, 6) is 0.849. The molecule has 0 fully saturated rings. The van der Waals surface area contributed by atoms with E-state index in [4.69, 9.17) is 4.74 Å². The third kappa shape index (κ3) is 3.49. The molecule has 0 atom stereocenters. The van der Waals surface area contributed by atoms with Crippen LogP contribution in [0.25, 0.3) is 20.9 Å². The van der Waals surface area contributed by atoms with Gasteiger partial charge in [-0.2, -0.15) is 0 Å². The lowest BCUT2D eigenvalue weighted by atomic mass is 10.0. The topological polar surface area (TPSA) is 51.5 Å². The highest BCUT2D eigenvalue weighted by atomic mass is 32.1. The van der Waals surface area contributed by atoms with Crippen LogP contribution >= 0.6 is 22.7 Å². The van der Waals surface area contributed by atoms with E-state index in [1.165, 1.54) is 26.3 Å². The van der Waals surface area contributed by atoms with Gasteiger partial charge in [0.05, 0.1) is 18.5 Å². The summed E-state index contributed by atoms with van der Waals surface area (Å²) in [6.07, 6.45) is 0.826.